The molecule has 17 heavy (non-hydrogen) atoms. The molecule has 1 fully saturated rings. The second-order valence-electron chi connectivity index (χ2n) is 4.34. The van der Waals surface area contributed by atoms with Crippen LogP contribution >= 0.6 is 0 Å². The molecule has 1 aromatic carbocycles. The molecule has 1 heterocycles. The molecule has 1 aliphatic rings. The fraction of sp³-hybridized carbons (Fsp3) is 0.500. The molecule has 0 spiro atoms. The van der Waals surface area contributed by atoms with E-state index in [1.165, 1.54) is 0 Å². The first kappa shape index (κ1) is 11.9. The number of aryl methyl sites for hydroxylation is 1. The minimum atomic E-state index is -0.331. The monoisotopic (exact) mass is 236 g/mol. The summed E-state index contributed by atoms with van der Waals surface area (Å²) < 4.78 is 5.27. The van der Waals surface area contributed by atoms with Crippen LogP contribution in [0.4, 0.5) is 11.4 Å². The average molecular weight is 236 g/mol. The van der Waals surface area contributed by atoms with Gasteiger partial charge in [-0.15, -0.1) is 0 Å². The lowest BCUT2D eigenvalue weighted by molar-refractivity contribution is -0.384. The highest BCUT2D eigenvalue weighted by Gasteiger charge is 2.19. The van der Waals surface area contributed by atoms with Crippen LogP contribution in [0.3, 0.4) is 0 Å². The first-order chi connectivity index (χ1) is 8.18. The summed E-state index contributed by atoms with van der Waals surface area (Å²) in [6.07, 6.45) is 1.02. The smallest absolute Gasteiger partial charge is 0.295 e. The van der Waals surface area contributed by atoms with E-state index >= 15 is 0 Å². The van der Waals surface area contributed by atoms with Gasteiger partial charge in [-0.2, -0.15) is 0 Å². The molecule has 1 saturated heterocycles. The van der Waals surface area contributed by atoms with Crippen LogP contribution in [0.15, 0.2) is 18.2 Å². The summed E-state index contributed by atoms with van der Waals surface area (Å²) in [6, 6.07) is 5.33. The van der Waals surface area contributed by atoms with Crippen LogP contribution in [0, 0.1) is 23.0 Å². The zero-order valence-electron chi connectivity index (χ0n) is 9.81. The van der Waals surface area contributed by atoms with E-state index in [0.29, 0.717) is 17.2 Å². The van der Waals surface area contributed by atoms with Crippen LogP contribution in [0.5, 0.6) is 0 Å². The Hall–Kier alpha value is -1.62. The minimum absolute atomic E-state index is 0.173. The normalized spacial score (nSPS) is 19.2. The fourth-order valence-electron chi connectivity index (χ4n) is 2.04. The number of hydrogen-bond donors (Lipinski definition) is 1. The molecule has 1 unspecified atom stereocenters. The van der Waals surface area contributed by atoms with Gasteiger partial charge < -0.3 is 10.1 Å². The Bertz CT molecular complexity index is 414. The molecule has 1 N–H and O–H groups in total. The van der Waals surface area contributed by atoms with Crippen molar-refractivity contribution in [3.8, 4) is 0 Å². The van der Waals surface area contributed by atoms with Gasteiger partial charge in [-0.05, 0) is 19.4 Å². The van der Waals surface area contributed by atoms with E-state index in [0.717, 1.165) is 26.2 Å². The molecule has 0 saturated carbocycles. The maximum atomic E-state index is 11.0. The van der Waals surface area contributed by atoms with Crippen LogP contribution in [0.2, 0.25) is 0 Å². The van der Waals surface area contributed by atoms with E-state index in [4.69, 9.17) is 4.74 Å². The van der Waals surface area contributed by atoms with Gasteiger partial charge >= 0.3 is 0 Å². The Labute approximate surface area is 99.9 Å². The van der Waals surface area contributed by atoms with Gasteiger partial charge in [0.15, 0.2) is 0 Å². The highest BCUT2D eigenvalue weighted by molar-refractivity contribution is 5.64. The third kappa shape index (κ3) is 2.74. The van der Waals surface area contributed by atoms with Crippen LogP contribution in [-0.2, 0) is 4.74 Å². The lowest BCUT2D eigenvalue weighted by Crippen LogP contribution is -2.15. The molecule has 1 aliphatic heterocycles. The molecule has 92 valence electrons. The standard InChI is InChI=1S/C12H16N2O3/c1-9-3-2-4-11(12(9)14(15)16)13-7-10-5-6-17-8-10/h2-4,10,13H,5-8H2,1H3. The number of nitro groups is 1. The van der Waals surface area contributed by atoms with Crippen molar-refractivity contribution in [1.29, 1.82) is 0 Å². The Morgan fingerprint density at radius 3 is 3.06 bits per heavy atom. The zero-order valence-corrected chi connectivity index (χ0v) is 9.81. The van der Waals surface area contributed by atoms with Crippen molar-refractivity contribution < 1.29 is 9.66 Å². The number of nitro benzene ring substituents is 1. The van der Waals surface area contributed by atoms with Gasteiger partial charge in [-0.25, -0.2) is 0 Å². The number of rotatable bonds is 4. The Balaban J connectivity index is 2.09. The van der Waals surface area contributed by atoms with Gasteiger partial charge in [-0.1, -0.05) is 12.1 Å². The number of anilines is 1. The second-order valence-corrected chi connectivity index (χ2v) is 4.34. The van der Waals surface area contributed by atoms with Gasteiger partial charge in [0, 0.05) is 24.6 Å². The summed E-state index contributed by atoms with van der Waals surface area (Å²) in [4.78, 5) is 10.6. The molecule has 0 bridgehead atoms. The zero-order chi connectivity index (χ0) is 12.3. The lowest BCUT2D eigenvalue weighted by Gasteiger charge is -2.11. The lowest BCUT2D eigenvalue weighted by atomic mass is 10.1. The highest BCUT2D eigenvalue weighted by atomic mass is 16.6. The van der Waals surface area contributed by atoms with Gasteiger partial charge in [0.2, 0.25) is 0 Å². The van der Waals surface area contributed by atoms with Crippen LogP contribution in [0.1, 0.15) is 12.0 Å². The molecule has 0 aliphatic carbocycles. The first-order valence-corrected chi connectivity index (χ1v) is 5.74. The van der Waals surface area contributed by atoms with Crippen molar-refractivity contribution in [3.05, 3.63) is 33.9 Å². The number of benzene rings is 1. The Kier molecular flexibility index (Phi) is 3.58. The van der Waals surface area contributed by atoms with E-state index in [2.05, 4.69) is 5.32 Å². The molecule has 1 atom stereocenters. The summed E-state index contributed by atoms with van der Waals surface area (Å²) in [5.74, 6) is 0.454. The molecule has 0 radical (unpaired) electrons. The number of ether oxygens (including phenoxy) is 1. The quantitative estimate of drug-likeness (QED) is 0.643. The fourth-order valence-corrected chi connectivity index (χ4v) is 2.04. The first-order valence-electron chi connectivity index (χ1n) is 5.74. The topological polar surface area (TPSA) is 64.4 Å². The molecule has 5 nitrogen and oxygen atoms in total. The third-order valence-corrected chi connectivity index (χ3v) is 3.03. The second kappa shape index (κ2) is 5.14. The minimum Gasteiger partial charge on any atom is -0.381 e. The summed E-state index contributed by atoms with van der Waals surface area (Å²) in [6.45, 7) is 4.02. The van der Waals surface area contributed by atoms with Crippen molar-refractivity contribution >= 4 is 11.4 Å². The summed E-state index contributed by atoms with van der Waals surface area (Å²) in [5.41, 5.74) is 1.45. The number of nitrogens with zero attached hydrogens (tertiary/aromatic N) is 1. The number of para-hydroxylation sites is 1. The maximum Gasteiger partial charge on any atom is 0.295 e. The van der Waals surface area contributed by atoms with Gasteiger partial charge in [0.1, 0.15) is 5.69 Å². The molecular formula is C12H16N2O3. The van der Waals surface area contributed by atoms with Crippen LogP contribution in [0.25, 0.3) is 0 Å². The summed E-state index contributed by atoms with van der Waals surface area (Å²) >= 11 is 0. The summed E-state index contributed by atoms with van der Waals surface area (Å²) in [5, 5.41) is 14.1. The third-order valence-electron chi connectivity index (χ3n) is 3.03. The predicted molar refractivity (Wildman–Crippen MR) is 65.2 cm³/mol. The molecule has 1 aromatic rings. The SMILES string of the molecule is Cc1cccc(NCC2CCOC2)c1[N+](=O)[O-]. The van der Waals surface area contributed by atoms with E-state index < -0.39 is 0 Å². The number of hydrogen-bond acceptors (Lipinski definition) is 4. The van der Waals surface area contributed by atoms with Gasteiger partial charge in [0.05, 0.1) is 11.5 Å². The van der Waals surface area contributed by atoms with Crippen molar-refractivity contribution in [3.63, 3.8) is 0 Å². The van der Waals surface area contributed by atoms with Crippen molar-refractivity contribution in [1.82, 2.24) is 0 Å². The molecule has 0 amide bonds. The van der Waals surface area contributed by atoms with Crippen LogP contribution < -0.4 is 5.32 Å². The van der Waals surface area contributed by atoms with Gasteiger partial charge in [0.25, 0.3) is 5.69 Å². The average Bonchev–Trinajstić information content (AvgIpc) is 2.78. The predicted octanol–water partition coefficient (Wildman–Crippen LogP) is 2.35. The summed E-state index contributed by atoms with van der Waals surface area (Å²) in [7, 11) is 0. The Morgan fingerprint density at radius 2 is 2.41 bits per heavy atom. The van der Waals surface area contributed by atoms with Crippen molar-refractivity contribution in [2.24, 2.45) is 5.92 Å². The van der Waals surface area contributed by atoms with Crippen molar-refractivity contribution in [2.45, 2.75) is 13.3 Å². The largest absolute Gasteiger partial charge is 0.381 e. The van der Waals surface area contributed by atoms with Crippen molar-refractivity contribution in [2.75, 3.05) is 25.1 Å². The maximum absolute atomic E-state index is 11.0. The molecule has 0 aromatic heterocycles. The van der Waals surface area contributed by atoms with Crippen LogP contribution in [-0.4, -0.2) is 24.7 Å². The van der Waals surface area contributed by atoms with E-state index in [9.17, 15) is 10.1 Å². The van der Waals surface area contributed by atoms with E-state index in [1.54, 1.807) is 19.1 Å². The Morgan fingerprint density at radius 1 is 1.59 bits per heavy atom. The number of nitrogens with one attached hydrogen (secondary N) is 1. The highest BCUT2D eigenvalue weighted by Crippen LogP contribution is 2.28. The molecule has 2 rings (SSSR count). The molecular weight excluding hydrogens is 220 g/mol. The van der Waals surface area contributed by atoms with E-state index in [1.807, 2.05) is 6.07 Å². The molecule has 5 heteroatoms. The van der Waals surface area contributed by atoms with E-state index in [-0.39, 0.29) is 10.6 Å². The van der Waals surface area contributed by atoms with Gasteiger partial charge in [-0.3, -0.25) is 10.1 Å².